The first kappa shape index (κ1) is 19.3. The summed E-state index contributed by atoms with van der Waals surface area (Å²) in [5.74, 6) is 0.647. The second kappa shape index (κ2) is 8.93. The number of aryl methyl sites for hydroxylation is 1. The Morgan fingerprint density at radius 3 is 2.78 bits per heavy atom. The molecule has 1 unspecified atom stereocenters. The quantitative estimate of drug-likeness (QED) is 0.784. The molecule has 144 valence electrons. The van der Waals surface area contributed by atoms with E-state index in [1.165, 1.54) is 12.0 Å². The van der Waals surface area contributed by atoms with E-state index in [0.29, 0.717) is 17.7 Å². The number of likely N-dealkylation sites (tertiary alicyclic amines) is 1. The molecule has 1 atom stereocenters. The molecule has 2 aromatic rings. The Balaban J connectivity index is 1.74. The van der Waals surface area contributed by atoms with Gasteiger partial charge in [0.2, 0.25) is 5.95 Å². The van der Waals surface area contributed by atoms with E-state index in [4.69, 9.17) is 0 Å². The number of rotatable bonds is 6. The van der Waals surface area contributed by atoms with Crippen LogP contribution in [0.2, 0.25) is 0 Å². The van der Waals surface area contributed by atoms with E-state index < -0.39 is 0 Å². The smallest absolute Gasteiger partial charge is 0.272 e. The summed E-state index contributed by atoms with van der Waals surface area (Å²) in [5, 5.41) is 0. The molecule has 0 bridgehead atoms. The molecular weight excluding hydrogens is 338 g/mol. The number of piperidine rings is 1. The number of carbonyl (C=O) groups excluding carboxylic acids is 1. The van der Waals surface area contributed by atoms with Crippen molar-refractivity contribution in [3.8, 4) is 0 Å². The summed E-state index contributed by atoms with van der Waals surface area (Å²) >= 11 is 0. The minimum Gasteiger partial charge on any atom is -0.344 e. The maximum atomic E-state index is 13.1. The Hall–Kier alpha value is -2.50. The zero-order valence-electron chi connectivity index (χ0n) is 16.6. The second-order valence-electron chi connectivity index (χ2n) is 7.28. The van der Waals surface area contributed by atoms with Gasteiger partial charge in [-0.3, -0.25) is 9.78 Å². The van der Waals surface area contributed by atoms with E-state index in [9.17, 15) is 4.79 Å². The molecule has 2 aromatic heterocycles. The first-order valence-electron chi connectivity index (χ1n) is 9.85. The van der Waals surface area contributed by atoms with Crippen molar-refractivity contribution in [3.63, 3.8) is 0 Å². The topological polar surface area (TPSA) is 62.2 Å². The standard InChI is InChI=1S/C21H29N5O/c1-4-18-7-5-6-13-26(18)20(27)19-15-16(2)23-21(24-19)25(3)14-10-17-8-11-22-12-9-17/h8-9,11-12,15,18H,4-7,10,13-14H2,1-3H3. The molecule has 0 N–H and O–H groups in total. The van der Waals surface area contributed by atoms with Crippen molar-refractivity contribution in [2.75, 3.05) is 25.0 Å². The number of likely N-dealkylation sites (N-methyl/N-ethyl adjacent to an activating group) is 1. The highest BCUT2D eigenvalue weighted by Crippen LogP contribution is 2.22. The lowest BCUT2D eigenvalue weighted by atomic mass is 9.99. The van der Waals surface area contributed by atoms with Gasteiger partial charge in [0.1, 0.15) is 5.69 Å². The van der Waals surface area contributed by atoms with Crippen molar-refractivity contribution in [1.82, 2.24) is 19.9 Å². The van der Waals surface area contributed by atoms with Crippen molar-refractivity contribution in [1.29, 1.82) is 0 Å². The summed E-state index contributed by atoms with van der Waals surface area (Å²) in [6, 6.07) is 6.17. The number of pyridine rings is 1. The van der Waals surface area contributed by atoms with Gasteiger partial charge in [0.15, 0.2) is 0 Å². The molecule has 1 saturated heterocycles. The molecule has 1 aliphatic rings. The van der Waals surface area contributed by atoms with Crippen molar-refractivity contribution in [3.05, 3.63) is 47.5 Å². The number of anilines is 1. The highest BCUT2D eigenvalue weighted by Gasteiger charge is 2.27. The van der Waals surface area contributed by atoms with Gasteiger partial charge in [-0.15, -0.1) is 0 Å². The molecule has 1 fully saturated rings. The first-order valence-corrected chi connectivity index (χ1v) is 9.85. The van der Waals surface area contributed by atoms with Crippen molar-refractivity contribution < 1.29 is 4.79 Å². The third kappa shape index (κ3) is 4.81. The van der Waals surface area contributed by atoms with Crippen LogP contribution >= 0.6 is 0 Å². The molecule has 0 aromatic carbocycles. The zero-order chi connectivity index (χ0) is 19.2. The fourth-order valence-corrected chi connectivity index (χ4v) is 3.62. The number of nitrogens with zero attached hydrogens (tertiary/aromatic N) is 5. The first-order chi connectivity index (χ1) is 13.1. The molecule has 0 radical (unpaired) electrons. The van der Waals surface area contributed by atoms with Gasteiger partial charge in [0, 0.05) is 44.3 Å². The minimum absolute atomic E-state index is 0.0378. The predicted octanol–water partition coefficient (Wildman–Crippen LogP) is 3.26. The van der Waals surface area contributed by atoms with Gasteiger partial charge in [-0.05, 0) is 62.8 Å². The predicted molar refractivity (Wildman–Crippen MR) is 107 cm³/mol. The van der Waals surface area contributed by atoms with Crippen LogP contribution in [0, 0.1) is 6.92 Å². The summed E-state index contributed by atoms with van der Waals surface area (Å²) in [4.78, 5) is 30.3. The lowest BCUT2D eigenvalue weighted by Gasteiger charge is -2.35. The SMILES string of the molecule is CCC1CCCCN1C(=O)c1cc(C)nc(N(C)CCc2ccncc2)n1. The fraction of sp³-hybridized carbons (Fsp3) is 0.524. The summed E-state index contributed by atoms with van der Waals surface area (Å²) < 4.78 is 0. The molecule has 6 heteroatoms. The maximum Gasteiger partial charge on any atom is 0.272 e. The van der Waals surface area contributed by atoms with Gasteiger partial charge >= 0.3 is 0 Å². The van der Waals surface area contributed by atoms with E-state index in [-0.39, 0.29) is 5.91 Å². The number of hydrogen-bond acceptors (Lipinski definition) is 5. The molecular formula is C21H29N5O. The van der Waals surface area contributed by atoms with E-state index in [2.05, 4.69) is 21.9 Å². The third-order valence-corrected chi connectivity index (χ3v) is 5.25. The lowest BCUT2D eigenvalue weighted by molar-refractivity contribution is 0.0601. The Morgan fingerprint density at radius 2 is 2.04 bits per heavy atom. The number of hydrogen-bond donors (Lipinski definition) is 0. The van der Waals surface area contributed by atoms with Crippen molar-refractivity contribution in [2.24, 2.45) is 0 Å². The van der Waals surface area contributed by atoms with Crippen molar-refractivity contribution >= 4 is 11.9 Å². The highest BCUT2D eigenvalue weighted by atomic mass is 16.2. The van der Waals surface area contributed by atoms with E-state index in [1.54, 1.807) is 12.4 Å². The van der Waals surface area contributed by atoms with Crippen LogP contribution in [0.5, 0.6) is 0 Å². The molecule has 3 heterocycles. The molecule has 0 aliphatic carbocycles. The average molecular weight is 367 g/mol. The Kier molecular flexibility index (Phi) is 6.37. The molecule has 27 heavy (non-hydrogen) atoms. The lowest BCUT2D eigenvalue weighted by Crippen LogP contribution is -2.43. The Morgan fingerprint density at radius 1 is 1.26 bits per heavy atom. The van der Waals surface area contributed by atoms with Crippen LogP contribution in [0.1, 0.15) is 54.4 Å². The monoisotopic (exact) mass is 367 g/mol. The van der Waals surface area contributed by atoms with Crippen LogP contribution in [0.3, 0.4) is 0 Å². The van der Waals surface area contributed by atoms with Crippen molar-refractivity contribution in [2.45, 2.75) is 52.0 Å². The molecule has 6 nitrogen and oxygen atoms in total. The van der Waals surface area contributed by atoms with E-state index in [1.807, 2.05) is 42.0 Å². The van der Waals surface area contributed by atoms with Crippen LogP contribution in [0.25, 0.3) is 0 Å². The Labute approximate surface area is 161 Å². The van der Waals surface area contributed by atoms with Gasteiger partial charge in [-0.2, -0.15) is 0 Å². The summed E-state index contributed by atoms with van der Waals surface area (Å²) in [7, 11) is 1.97. The molecule has 0 saturated carbocycles. The average Bonchev–Trinajstić information content (AvgIpc) is 2.71. The largest absolute Gasteiger partial charge is 0.344 e. The van der Waals surface area contributed by atoms with Gasteiger partial charge in [-0.1, -0.05) is 6.92 Å². The number of carbonyl (C=O) groups is 1. The zero-order valence-corrected chi connectivity index (χ0v) is 16.6. The van der Waals surface area contributed by atoms with E-state index in [0.717, 1.165) is 44.5 Å². The van der Waals surface area contributed by atoms with Crippen LogP contribution in [0.15, 0.2) is 30.6 Å². The van der Waals surface area contributed by atoms with E-state index >= 15 is 0 Å². The second-order valence-corrected chi connectivity index (χ2v) is 7.28. The van der Waals surface area contributed by atoms with Gasteiger partial charge < -0.3 is 9.80 Å². The van der Waals surface area contributed by atoms with Crippen LogP contribution < -0.4 is 4.90 Å². The number of aromatic nitrogens is 3. The normalized spacial score (nSPS) is 17.0. The maximum absolute atomic E-state index is 13.1. The molecule has 1 aliphatic heterocycles. The van der Waals surface area contributed by atoms with Crippen LogP contribution in [-0.4, -0.2) is 51.9 Å². The molecule has 3 rings (SSSR count). The summed E-state index contributed by atoms with van der Waals surface area (Å²) in [5.41, 5.74) is 2.55. The highest BCUT2D eigenvalue weighted by molar-refractivity contribution is 5.93. The summed E-state index contributed by atoms with van der Waals surface area (Å²) in [6.45, 7) is 5.68. The van der Waals surface area contributed by atoms with Gasteiger partial charge in [0.25, 0.3) is 5.91 Å². The fourth-order valence-electron chi connectivity index (χ4n) is 3.62. The molecule has 0 spiro atoms. The number of amides is 1. The minimum atomic E-state index is 0.0378. The van der Waals surface area contributed by atoms with Gasteiger partial charge in [0.05, 0.1) is 0 Å². The summed E-state index contributed by atoms with van der Waals surface area (Å²) in [6.07, 6.45) is 8.85. The van der Waals surface area contributed by atoms with Gasteiger partial charge in [-0.25, -0.2) is 9.97 Å². The third-order valence-electron chi connectivity index (χ3n) is 5.25. The van der Waals surface area contributed by atoms with Crippen LogP contribution in [-0.2, 0) is 6.42 Å². The molecule has 1 amide bonds. The Bertz CT molecular complexity index is 764. The van der Waals surface area contributed by atoms with Crippen LogP contribution in [0.4, 0.5) is 5.95 Å².